The van der Waals surface area contributed by atoms with E-state index in [-0.39, 0.29) is 23.9 Å². The van der Waals surface area contributed by atoms with Gasteiger partial charge in [0.1, 0.15) is 5.60 Å². The van der Waals surface area contributed by atoms with E-state index >= 15 is 0 Å². The van der Waals surface area contributed by atoms with Crippen LogP contribution in [0.4, 0.5) is 0 Å². The summed E-state index contributed by atoms with van der Waals surface area (Å²) in [7, 11) is 0. The minimum Gasteiger partial charge on any atom is -0.376 e. The molecule has 3 rings (SSSR count). The molecule has 3 fully saturated rings. The zero-order chi connectivity index (χ0) is 11.9. The Hall–Kier alpha value is -0.600. The molecule has 17 heavy (non-hydrogen) atoms. The third-order valence-electron chi connectivity index (χ3n) is 4.15. The smallest absolute Gasteiger partial charge is 0.120 e. The molecule has 3 heterocycles. The van der Waals surface area contributed by atoms with E-state index in [1.807, 2.05) is 0 Å². The molecule has 1 spiro atoms. The van der Waals surface area contributed by atoms with E-state index in [1.165, 1.54) is 5.57 Å². The maximum absolute atomic E-state index is 6.30. The Morgan fingerprint density at radius 1 is 1.47 bits per heavy atom. The first kappa shape index (κ1) is 11.5. The van der Waals surface area contributed by atoms with E-state index in [0.29, 0.717) is 6.61 Å². The SMILES string of the molecule is C=C=C(C)CC1CCC2OC3COC[C@@]2(C3)O1. The van der Waals surface area contributed by atoms with Crippen molar-refractivity contribution >= 4 is 0 Å². The van der Waals surface area contributed by atoms with Gasteiger partial charge in [-0.05, 0) is 25.3 Å². The zero-order valence-electron chi connectivity index (χ0n) is 10.4. The van der Waals surface area contributed by atoms with Crippen molar-refractivity contribution in [3.05, 3.63) is 17.9 Å². The van der Waals surface area contributed by atoms with Crippen molar-refractivity contribution < 1.29 is 14.2 Å². The van der Waals surface area contributed by atoms with E-state index in [0.717, 1.165) is 32.3 Å². The standard InChI is InChI=1S/C14H20O3/c1-3-10(2)6-11-4-5-13-14(17-11)7-12(16-13)8-15-9-14/h11-13H,1,4-9H2,2H3/t11?,12?,13?,14-/m1/s1. The Kier molecular flexibility index (Phi) is 2.87. The van der Waals surface area contributed by atoms with E-state index in [2.05, 4.69) is 19.2 Å². The van der Waals surface area contributed by atoms with Gasteiger partial charge in [0.15, 0.2) is 0 Å². The average molecular weight is 236 g/mol. The summed E-state index contributed by atoms with van der Waals surface area (Å²) in [6, 6.07) is 0. The first-order chi connectivity index (χ1) is 8.22. The summed E-state index contributed by atoms with van der Waals surface area (Å²) >= 11 is 0. The number of rotatable bonds is 2. The predicted molar refractivity (Wildman–Crippen MR) is 63.9 cm³/mol. The van der Waals surface area contributed by atoms with Gasteiger partial charge in [-0.25, -0.2) is 0 Å². The zero-order valence-corrected chi connectivity index (χ0v) is 10.4. The molecule has 3 aliphatic heterocycles. The molecule has 0 aliphatic carbocycles. The fourth-order valence-electron chi connectivity index (χ4n) is 3.31. The highest BCUT2D eigenvalue weighted by Crippen LogP contribution is 2.45. The van der Waals surface area contributed by atoms with Gasteiger partial charge in [0, 0.05) is 12.8 Å². The van der Waals surface area contributed by atoms with Gasteiger partial charge in [-0.1, -0.05) is 6.58 Å². The molecule has 0 N–H and O–H groups in total. The Morgan fingerprint density at radius 2 is 2.35 bits per heavy atom. The van der Waals surface area contributed by atoms with E-state index in [9.17, 15) is 0 Å². The van der Waals surface area contributed by atoms with Crippen molar-refractivity contribution in [3.8, 4) is 0 Å². The van der Waals surface area contributed by atoms with Gasteiger partial charge in [-0.3, -0.25) is 0 Å². The molecule has 0 aromatic heterocycles. The predicted octanol–water partition coefficient (Wildman–Crippen LogP) is 2.21. The topological polar surface area (TPSA) is 27.7 Å². The van der Waals surface area contributed by atoms with E-state index in [4.69, 9.17) is 14.2 Å². The monoisotopic (exact) mass is 236 g/mol. The first-order valence-corrected chi connectivity index (χ1v) is 6.48. The van der Waals surface area contributed by atoms with Crippen LogP contribution in [-0.4, -0.2) is 37.1 Å². The van der Waals surface area contributed by atoms with Crippen LogP contribution in [0.3, 0.4) is 0 Å². The molecule has 3 aliphatic rings. The number of ether oxygens (including phenoxy) is 3. The largest absolute Gasteiger partial charge is 0.376 e. The number of hydrogen-bond donors (Lipinski definition) is 0. The molecule has 0 radical (unpaired) electrons. The molecule has 0 aromatic rings. The van der Waals surface area contributed by atoms with E-state index in [1.54, 1.807) is 0 Å². The highest BCUT2D eigenvalue weighted by molar-refractivity contribution is 5.05. The second-order valence-electron chi connectivity index (χ2n) is 5.51. The quantitative estimate of drug-likeness (QED) is 0.688. The van der Waals surface area contributed by atoms with Gasteiger partial charge in [-0.15, -0.1) is 5.73 Å². The summed E-state index contributed by atoms with van der Waals surface area (Å²) in [4.78, 5) is 0. The molecule has 3 nitrogen and oxygen atoms in total. The van der Waals surface area contributed by atoms with Crippen LogP contribution in [0.25, 0.3) is 0 Å². The Labute approximate surface area is 102 Å². The van der Waals surface area contributed by atoms with Crippen molar-refractivity contribution in [1.29, 1.82) is 0 Å². The lowest BCUT2D eigenvalue weighted by molar-refractivity contribution is -0.182. The summed E-state index contributed by atoms with van der Waals surface area (Å²) in [6.45, 7) is 7.18. The Balaban J connectivity index is 1.72. The molecule has 0 amide bonds. The average Bonchev–Trinajstić information content (AvgIpc) is 2.58. The molecule has 3 saturated heterocycles. The molecule has 0 saturated carbocycles. The van der Waals surface area contributed by atoms with Crippen LogP contribution in [0.5, 0.6) is 0 Å². The fourth-order valence-corrected chi connectivity index (χ4v) is 3.31. The van der Waals surface area contributed by atoms with Gasteiger partial charge in [0.05, 0.1) is 31.5 Å². The molecule has 3 unspecified atom stereocenters. The van der Waals surface area contributed by atoms with Gasteiger partial charge in [0.25, 0.3) is 0 Å². The number of fused-ring (bicyclic) bond motifs is 1. The van der Waals surface area contributed by atoms with Crippen LogP contribution in [0.15, 0.2) is 17.9 Å². The molecule has 4 atom stereocenters. The second kappa shape index (κ2) is 4.25. The van der Waals surface area contributed by atoms with Crippen LogP contribution in [0.2, 0.25) is 0 Å². The maximum Gasteiger partial charge on any atom is 0.120 e. The maximum atomic E-state index is 6.30. The van der Waals surface area contributed by atoms with Crippen LogP contribution < -0.4 is 0 Å². The van der Waals surface area contributed by atoms with Crippen LogP contribution >= 0.6 is 0 Å². The molecular formula is C14H20O3. The lowest BCUT2D eigenvalue weighted by Crippen LogP contribution is -2.52. The van der Waals surface area contributed by atoms with Crippen molar-refractivity contribution in [2.75, 3.05) is 13.2 Å². The van der Waals surface area contributed by atoms with Crippen molar-refractivity contribution in [3.63, 3.8) is 0 Å². The number of hydrogen-bond acceptors (Lipinski definition) is 3. The van der Waals surface area contributed by atoms with Gasteiger partial charge >= 0.3 is 0 Å². The summed E-state index contributed by atoms with van der Waals surface area (Å²) in [5.41, 5.74) is 3.97. The Morgan fingerprint density at radius 3 is 3.18 bits per heavy atom. The molecular weight excluding hydrogens is 216 g/mol. The van der Waals surface area contributed by atoms with Crippen molar-refractivity contribution in [1.82, 2.24) is 0 Å². The minimum absolute atomic E-state index is 0.159. The van der Waals surface area contributed by atoms with Gasteiger partial charge in [0.2, 0.25) is 0 Å². The van der Waals surface area contributed by atoms with Gasteiger partial charge < -0.3 is 14.2 Å². The minimum atomic E-state index is -0.159. The first-order valence-electron chi connectivity index (χ1n) is 6.48. The molecule has 2 bridgehead atoms. The van der Waals surface area contributed by atoms with Crippen LogP contribution in [-0.2, 0) is 14.2 Å². The second-order valence-corrected chi connectivity index (χ2v) is 5.51. The summed E-state index contributed by atoms with van der Waals surface area (Å²) in [6.07, 6.45) is 4.88. The summed E-state index contributed by atoms with van der Waals surface area (Å²) in [5.74, 6) is 0. The van der Waals surface area contributed by atoms with Crippen molar-refractivity contribution in [2.24, 2.45) is 0 Å². The third-order valence-corrected chi connectivity index (χ3v) is 4.15. The highest BCUT2D eigenvalue weighted by atomic mass is 16.6. The lowest BCUT2D eigenvalue weighted by atomic mass is 9.85. The molecule has 94 valence electrons. The van der Waals surface area contributed by atoms with E-state index < -0.39 is 0 Å². The summed E-state index contributed by atoms with van der Waals surface area (Å²) in [5, 5.41) is 0. The normalized spacial score (nSPS) is 43.9. The molecule has 3 heteroatoms. The Bertz CT molecular complexity index is 358. The van der Waals surface area contributed by atoms with Crippen molar-refractivity contribution in [2.45, 2.75) is 56.5 Å². The lowest BCUT2D eigenvalue weighted by Gasteiger charge is -2.42. The third kappa shape index (κ3) is 1.98. The van der Waals surface area contributed by atoms with Crippen LogP contribution in [0, 0.1) is 0 Å². The summed E-state index contributed by atoms with van der Waals surface area (Å²) < 4.78 is 17.9. The van der Waals surface area contributed by atoms with Crippen LogP contribution in [0.1, 0.15) is 32.6 Å². The van der Waals surface area contributed by atoms with Gasteiger partial charge in [-0.2, -0.15) is 0 Å². The highest BCUT2D eigenvalue weighted by Gasteiger charge is 2.55. The fraction of sp³-hybridized carbons (Fsp3) is 0.786. The molecule has 0 aromatic carbocycles.